The quantitative estimate of drug-likeness (QED) is 0.663. The molecule has 0 fully saturated rings. The van der Waals surface area contributed by atoms with Crippen molar-refractivity contribution in [2.24, 2.45) is 0 Å². The van der Waals surface area contributed by atoms with Gasteiger partial charge < -0.3 is 15.5 Å². The average Bonchev–Trinajstić information content (AvgIpc) is 2.65. The summed E-state index contributed by atoms with van der Waals surface area (Å²) in [6.07, 6.45) is 1.66. The van der Waals surface area contributed by atoms with Gasteiger partial charge >= 0.3 is 0 Å². The average molecular weight is 370 g/mol. The predicted octanol–water partition coefficient (Wildman–Crippen LogP) is 3.53. The minimum Gasteiger partial charge on any atom is -0.353 e. The molecule has 0 aliphatic carbocycles. The van der Waals surface area contributed by atoms with Crippen LogP contribution < -0.4 is 10.6 Å². The largest absolute Gasteiger partial charge is 0.353 e. The van der Waals surface area contributed by atoms with Gasteiger partial charge in [0.2, 0.25) is 5.95 Å². The molecule has 1 aromatic carbocycles. The van der Waals surface area contributed by atoms with Crippen LogP contribution in [0.1, 0.15) is 0 Å². The number of nitrogens with one attached hydrogen (secondary N) is 2. The molecule has 6 nitrogen and oxygen atoms in total. The Labute approximate surface area is 156 Å². The number of rotatable bonds is 7. The van der Waals surface area contributed by atoms with Crippen LogP contribution in [0, 0.1) is 11.6 Å². The molecule has 2 heterocycles. The zero-order valence-corrected chi connectivity index (χ0v) is 15.1. The van der Waals surface area contributed by atoms with Gasteiger partial charge in [0.05, 0.1) is 17.1 Å². The maximum Gasteiger partial charge on any atom is 0.225 e. The molecule has 0 saturated carbocycles. The third kappa shape index (κ3) is 5.18. The Morgan fingerprint density at radius 3 is 2.59 bits per heavy atom. The maximum atomic E-state index is 14.0. The summed E-state index contributed by atoms with van der Waals surface area (Å²) in [4.78, 5) is 15.1. The number of halogens is 2. The first-order valence-electron chi connectivity index (χ1n) is 8.42. The van der Waals surface area contributed by atoms with Crippen LogP contribution in [-0.2, 0) is 0 Å². The highest BCUT2D eigenvalue weighted by Gasteiger charge is 2.10. The molecule has 0 amide bonds. The second kappa shape index (κ2) is 8.50. The molecule has 0 saturated heterocycles. The van der Waals surface area contributed by atoms with Gasteiger partial charge in [-0.05, 0) is 38.4 Å². The second-order valence-corrected chi connectivity index (χ2v) is 6.16. The van der Waals surface area contributed by atoms with Crippen molar-refractivity contribution in [1.29, 1.82) is 0 Å². The van der Waals surface area contributed by atoms with E-state index < -0.39 is 11.6 Å². The lowest BCUT2D eigenvalue weighted by Crippen LogP contribution is -2.21. The lowest BCUT2D eigenvalue weighted by Gasteiger charge is -2.13. The van der Waals surface area contributed by atoms with Crippen LogP contribution in [0.5, 0.6) is 0 Å². The maximum absolute atomic E-state index is 14.0. The Morgan fingerprint density at radius 1 is 1.00 bits per heavy atom. The summed E-state index contributed by atoms with van der Waals surface area (Å²) in [5.74, 6) is -0.402. The number of hydrogen-bond donors (Lipinski definition) is 2. The van der Waals surface area contributed by atoms with E-state index in [1.165, 1.54) is 0 Å². The number of hydrogen-bond acceptors (Lipinski definition) is 6. The molecular formula is C19H20F2N6. The smallest absolute Gasteiger partial charge is 0.225 e. The summed E-state index contributed by atoms with van der Waals surface area (Å²) in [5, 5.41) is 5.96. The van der Waals surface area contributed by atoms with E-state index in [0.717, 1.165) is 24.7 Å². The molecule has 140 valence electrons. The number of pyridine rings is 1. The van der Waals surface area contributed by atoms with Crippen LogP contribution in [0.4, 0.5) is 26.2 Å². The molecule has 2 N–H and O–H groups in total. The molecule has 0 aliphatic heterocycles. The first kappa shape index (κ1) is 18.7. The zero-order valence-electron chi connectivity index (χ0n) is 15.1. The molecule has 0 unspecified atom stereocenters. The standard InChI is InChI=1S/C19H20F2N6/c1-27(2)10-9-23-19-25-17(15-5-3-4-8-22-15)12-18(26-19)24-16-11-13(20)6-7-14(16)21/h3-8,11-12H,9-10H2,1-2H3,(H2,23,24,25,26). The van der Waals surface area contributed by atoms with Gasteiger partial charge in [0.1, 0.15) is 17.5 Å². The lowest BCUT2D eigenvalue weighted by atomic mass is 10.2. The van der Waals surface area contributed by atoms with Crippen molar-refractivity contribution in [3.05, 3.63) is 60.3 Å². The van der Waals surface area contributed by atoms with Crippen molar-refractivity contribution in [1.82, 2.24) is 19.9 Å². The molecule has 8 heteroatoms. The number of benzene rings is 1. The highest BCUT2D eigenvalue weighted by Crippen LogP contribution is 2.24. The fraction of sp³-hybridized carbons (Fsp3) is 0.211. The van der Waals surface area contributed by atoms with Crippen molar-refractivity contribution < 1.29 is 8.78 Å². The molecule has 0 spiro atoms. The molecule has 27 heavy (non-hydrogen) atoms. The summed E-state index contributed by atoms with van der Waals surface area (Å²) in [5.41, 5.74) is 1.22. The highest BCUT2D eigenvalue weighted by molar-refractivity contribution is 5.65. The Balaban J connectivity index is 1.92. The SMILES string of the molecule is CN(C)CCNc1nc(Nc2cc(F)ccc2F)cc(-c2ccccn2)n1. The fourth-order valence-corrected chi connectivity index (χ4v) is 2.36. The van der Waals surface area contributed by atoms with Gasteiger partial charge in [0.15, 0.2) is 0 Å². The monoisotopic (exact) mass is 370 g/mol. The second-order valence-electron chi connectivity index (χ2n) is 6.16. The van der Waals surface area contributed by atoms with E-state index in [0.29, 0.717) is 29.7 Å². The molecule has 0 aliphatic rings. The minimum absolute atomic E-state index is 0.0000811. The van der Waals surface area contributed by atoms with E-state index >= 15 is 0 Å². The Hall–Kier alpha value is -3.13. The lowest BCUT2D eigenvalue weighted by molar-refractivity contribution is 0.425. The van der Waals surface area contributed by atoms with Crippen LogP contribution in [0.15, 0.2) is 48.7 Å². The molecular weight excluding hydrogens is 350 g/mol. The first-order valence-corrected chi connectivity index (χ1v) is 8.42. The number of aromatic nitrogens is 3. The molecule has 0 radical (unpaired) electrons. The van der Waals surface area contributed by atoms with Crippen molar-refractivity contribution >= 4 is 17.5 Å². The van der Waals surface area contributed by atoms with E-state index in [4.69, 9.17) is 0 Å². The first-order chi connectivity index (χ1) is 13.0. The summed E-state index contributed by atoms with van der Waals surface area (Å²) in [7, 11) is 3.93. The van der Waals surface area contributed by atoms with E-state index in [2.05, 4.69) is 25.6 Å². The Morgan fingerprint density at radius 2 is 1.85 bits per heavy atom. The molecule has 2 aromatic heterocycles. The highest BCUT2D eigenvalue weighted by atomic mass is 19.1. The fourth-order valence-electron chi connectivity index (χ4n) is 2.36. The van der Waals surface area contributed by atoms with E-state index in [9.17, 15) is 8.78 Å². The van der Waals surface area contributed by atoms with E-state index in [-0.39, 0.29) is 5.69 Å². The third-order valence-corrected chi connectivity index (χ3v) is 3.69. The summed E-state index contributed by atoms with van der Waals surface area (Å²) in [6, 6.07) is 10.3. The third-order valence-electron chi connectivity index (χ3n) is 3.69. The zero-order chi connectivity index (χ0) is 19.2. The number of anilines is 3. The van der Waals surface area contributed by atoms with Crippen molar-refractivity contribution in [3.8, 4) is 11.4 Å². The van der Waals surface area contributed by atoms with Crippen molar-refractivity contribution in [2.75, 3.05) is 37.8 Å². The van der Waals surface area contributed by atoms with Gasteiger partial charge in [-0.2, -0.15) is 4.98 Å². The summed E-state index contributed by atoms with van der Waals surface area (Å²) >= 11 is 0. The van der Waals surface area contributed by atoms with Gasteiger partial charge in [-0.25, -0.2) is 13.8 Å². The van der Waals surface area contributed by atoms with Gasteiger partial charge in [-0.1, -0.05) is 6.07 Å². The van der Waals surface area contributed by atoms with Crippen molar-refractivity contribution in [2.45, 2.75) is 0 Å². The van der Waals surface area contributed by atoms with Crippen LogP contribution in [0.2, 0.25) is 0 Å². The van der Waals surface area contributed by atoms with Crippen LogP contribution in [0.3, 0.4) is 0 Å². The van der Waals surface area contributed by atoms with Crippen LogP contribution in [0.25, 0.3) is 11.4 Å². The Bertz CT molecular complexity index is 902. The van der Waals surface area contributed by atoms with Gasteiger partial charge in [0, 0.05) is 31.4 Å². The summed E-state index contributed by atoms with van der Waals surface area (Å²) < 4.78 is 27.4. The molecule has 0 atom stereocenters. The number of nitrogens with zero attached hydrogens (tertiary/aromatic N) is 4. The van der Waals surface area contributed by atoms with Gasteiger partial charge in [-0.3, -0.25) is 4.98 Å². The van der Waals surface area contributed by atoms with Crippen LogP contribution >= 0.6 is 0 Å². The molecule has 3 rings (SSSR count). The van der Waals surface area contributed by atoms with Crippen molar-refractivity contribution in [3.63, 3.8) is 0 Å². The van der Waals surface area contributed by atoms with E-state index in [1.807, 2.05) is 37.2 Å². The van der Waals surface area contributed by atoms with Gasteiger partial charge in [0.25, 0.3) is 0 Å². The normalized spacial score (nSPS) is 10.9. The Kier molecular flexibility index (Phi) is 5.87. The minimum atomic E-state index is -0.573. The topological polar surface area (TPSA) is 66.0 Å². The van der Waals surface area contributed by atoms with E-state index in [1.54, 1.807) is 12.3 Å². The molecule has 0 bridgehead atoms. The van der Waals surface area contributed by atoms with Crippen LogP contribution in [-0.4, -0.2) is 47.0 Å². The number of likely N-dealkylation sites (N-methyl/N-ethyl adjacent to an activating group) is 1. The molecule has 3 aromatic rings. The summed E-state index contributed by atoms with van der Waals surface area (Å²) in [6.45, 7) is 1.42. The van der Waals surface area contributed by atoms with Gasteiger partial charge in [-0.15, -0.1) is 0 Å². The predicted molar refractivity (Wildman–Crippen MR) is 102 cm³/mol.